The summed E-state index contributed by atoms with van der Waals surface area (Å²) >= 11 is 0. The Balaban J connectivity index is 1.92. The van der Waals surface area contributed by atoms with E-state index in [1.807, 2.05) is 0 Å². The highest BCUT2D eigenvalue weighted by Gasteiger charge is 2.32. The van der Waals surface area contributed by atoms with Crippen molar-refractivity contribution in [2.45, 2.75) is 32.1 Å². The molecule has 2 N–H and O–H groups in total. The predicted octanol–water partition coefficient (Wildman–Crippen LogP) is -1.00. The third-order valence-electron chi connectivity index (χ3n) is 3.16. The minimum absolute atomic E-state index is 0.0416. The van der Waals surface area contributed by atoms with E-state index >= 15 is 0 Å². The van der Waals surface area contributed by atoms with Crippen LogP contribution in [0, 0.1) is 0 Å². The van der Waals surface area contributed by atoms with Gasteiger partial charge < -0.3 is 24.7 Å². The molecular weight excluding hydrogens is 352 g/mol. The smallest absolute Gasteiger partial charge is 0.335 e. The molecule has 1 saturated heterocycles. The van der Waals surface area contributed by atoms with Crippen LogP contribution in [0.5, 0.6) is 0 Å². The monoisotopic (exact) mass is 374 g/mol. The summed E-state index contributed by atoms with van der Waals surface area (Å²) in [7, 11) is 0. The van der Waals surface area contributed by atoms with Crippen LogP contribution in [0.3, 0.4) is 0 Å². The van der Waals surface area contributed by atoms with Gasteiger partial charge in [-0.1, -0.05) is 0 Å². The van der Waals surface area contributed by atoms with Gasteiger partial charge in [-0.25, -0.2) is 4.79 Å². The summed E-state index contributed by atoms with van der Waals surface area (Å²) in [6.07, 6.45) is -0.331. The van der Waals surface area contributed by atoms with Gasteiger partial charge in [0.25, 0.3) is 11.8 Å². The zero-order chi connectivity index (χ0) is 19.4. The number of rotatable bonds is 13. The number of hydroxylamine groups is 2. The van der Waals surface area contributed by atoms with Crippen molar-refractivity contribution in [1.29, 1.82) is 0 Å². The second-order valence-electron chi connectivity index (χ2n) is 5.26. The maximum Gasteiger partial charge on any atom is 0.335 e. The molecule has 0 atom stereocenters. The summed E-state index contributed by atoms with van der Waals surface area (Å²) in [5, 5.41) is 11.4. The molecule has 11 nitrogen and oxygen atoms in total. The molecule has 0 aromatic rings. The quantitative estimate of drug-likeness (QED) is 0.306. The third-order valence-corrected chi connectivity index (χ3v) is 3.16. The fourth-order valence-corrected chi connectivity index (χ4v) is 1.85. The fraction of sp³-hybridized carbons (Fsp3) is 0.667. The van der Waals surface area contributed by atoms with Gasteiger partial charge in [0.1, 0.15) is 0 Å². The summed E-state index contributed by atoms with van der Waals surface area (Å²) in [6, 6.07) is 0. The van der Waals surface area contributed by atoms with Crippen molar-refractivity contribution < 1.29 is 43.4 Å². The second-order valence-corrected chi connectivity index (χ2v) is 5.26. The number of nitrogens with one attached hydrogen (secondary N) is 1. The molecule has 0 unspecified atom stereocenters. The highest BCUT2D eigenvalue weighted by Crippen LogP contribution is 2.12. The Hall–Kier alpha value is -2.53. The van der Waals surface area contributed by atoms with Gasteiger partial charge in [0.05, 0.1) is 39.3 Å². The van der Waals surface area contributed by atoms with Gasteiger partial charge in [-0.05, 0) is 0 Å². The Morgan fingerprint density at radius 2 is 1.54 bits per heavy atom. The third kappa shape index (κ3) is 9.08. The number of amides is 3. The summed E-state index contributed by atoms with van der Waals surface area (Å²) in [5.74, 6) is -3.20. The molecule has 1 aliphatic rings. The molecule has 0 aromatic heterocycles. The Morgan fingerprint density at radius 1 is 0.923 bits per heavy atom. The molecule has 26 heavy (non-hydrogen) atoms. The molecule has 1 rings (SSSR count). The summed E-state index contributed by atoms with van der Waals surface area (Å²) < 4.78 is 10.3. The number of ether oxygens (including phenoxy) is 2. The normalized spacial score (nSPS) is 13.8. The van der Waals surface area contributed by atoms with E-state index in [0.29, 0.717) is 5.06 Å². The molecule has 0 saturated carbocycles. The summed E-state index contributed by atoms with van der Waals surface area (Å²) in [4.78, 5) is 60.1. The zero-order valence-electron chi connectivity index (χ0n) is 14.2. The standard InChI is InChI=1S/C15H22N2O9/c18-11(1-4-14(21)22)16-6-8-25-10-9-24-7-5-15(23)26-17-12(19)2-3-13(17)20/h1-10H2,(H,16,18)(H,21,22). The molecular formula is C15H22N2O9. The van der Waals surface area contributed by atoms with E-state index in [-0.39, 0.29) is 71.0 Å². The maximum atomic E-state index is 11.5. The number of aliphatic carboxylic acids is 1. The highest BCUT2D eigenvalue weighted by atomic mass is 16.7. The molecule has 1 heterocycles. The first-order chi connectivity index (χ1) is 12.4. The number of nitrogens with zero attached hydrogens (tertiary/aromatic N) is 1. The molecule has 11 heteroatoms. The van der Waals surface area contributed by atoms with Gasteiger partial charge in [-0.3, -0.25) is 19.2 Å². The lowest BCUT2D eigenvalue weighted by Gasteiger charge is -2.12. The van der Waals surface area contributed by atoms with E-state index < -0.39 is 23.8 Å². The van der Waals surface area contributed by atoms with Crippen LogP contribution in [0.15, 0.2) is 0 Å². The molecule has 0 bridgehead atoms. The number of carboxylic acid groups (broad SMARTS) is 1. The van der Waals surface area contributed by atoms with Crippen LogP contribution in [0.2, 0.25) is 0 Å². The Kier molecular flexibility index (Phi) is 9.87. The van der Waals surface area contributed by atoms with Crippen LogP contribution >= 0.6 is 0 Å². The number of hydrogen-bond acceptors (Lipinski definition) is 8. The van der Waals surface area contributed by atoms with E-state index in [4.69, 9.17) is 14.6 Å². The van der Waals surface area contributed by atoms with E-state index in [1.165, 1.54) is 0 Å². The summed E-state index contributed by atoms with van der Waals surface area (Å²) in [5.41, 5.74) is 0. The molecule has 1 aliphatic heterocycles. The van der Waals surface area contributed by atoms with Crippen molar-refractivity contribution in [2.75, 3.05) is 33.0 Å². The lowest BCUT2D eigenvalue weighted by atomic mass is 10.3. The first kappa shape index (κ1) is 21.5. The van der Waals surface area contributed by atoms with Gasteiger partial charge in [-0.2, -0.15) is 0 Å². The molecule has 0 aromatic carbocycles. The van der Waals surface area contributed by atoms with Crippen molar-refractivity contribution >= 4 is 29.7 Å². The van der Waals surface area contributed by atoms with Crippen LogP contribution in [0.4, 0.5) is 0 Å². The Bertz CT molecular complexity index is 519. The lowest BCUT2D eigenvalue weighted by Crippen LogP contribution is -2.32. The van der Waals surface area contributed by atoms with Crippen molar-refractivity contribution in [1.82, 2.24) is 10.4 Å². The van der Waals surface area contributed by atoms with Crippen molar-refractivity contribution in [2.24, 2.45) is 0 Å². The van der Waals surface area contributed by atoms with Gasteiger partial charge >= 0.3 is 11.9 Å². The van der Waals surface area contributed by atoms with Crippen LogP contribution in [-0.4, -0.2) is 72.8 Å². The van der Waals surface area contributed by atoms with E-state index in [0.717, 1.165) is 0 Å². The minimum atomic E-state index is -1.03. The molecule has 146 valence electrons. The largest absolute Gasteiger partial charge is 0.481 e. The van der Waals surface area contributed by atoms with E-state index in [1.54, 1.807) is 0 Å². The van der Waals surface area contributed by atoms with E-state index in [2.05, 4.69) is 10.2 Å². The SMILES string of the molecule is O=C(O)CCC(=O)NCCOCCOCCC(=O)ON1C(=O)CCC1=O. The van der Waals surface area contributed by atoms with Crippen LogP contribution < -0.4 is 5.32 Å². The second kappa shape index (κ2) is 11.9. The van der Waals surface area contributed by atoms with Crippen molar-refractivity contribution in [3.05, 3.63) is 0 Å². The highest BCUT2D eigenvalue weighted by molar-refractivity contribution is 6.01. The Labute approximate surface area is 149 Å². The van der Waals surface area contributed by atoms with Crippen LogP contribution in [-0.2, 0) is 38.3 Å². The first-order valence-electron chi connectivity index (χ1n) is 8.10. The number of carbonyl (C=O) groups is 5. The molecule has 1 fully saturated rings. The Morgan fingerprint density at radius 3 is 2.15 bits per heavy atom. The minimum Gasteiger partial charge on any atom is -0.481 e. The zero-order valence-corrected chi connectivity index (χ0v) is 14.2. The van der Waals surface area contributed by atoms with E-state index in [9.17, 15) is 24.0 Å². The number of hydrogen-bond donors (Lipinski definition) is 2. The number of carboxylic acids is 1. The van der Waals surface area contributed by atoms with Gasteiger partial charge in [-0.15, -0.1) is 5.06 Å². The lowest BCUT2D eigenvalue weighted by molar-refractivity contribution is -0.198. The topological polar surface area (TPSA) is 149 Å². The molecule has 0 radical (unpaired) electrons. The van der Waals surface area contributed by atoms with Crippen molar-refractivity contribution in [3.8, 4) is 0 Å². The summed E-state index contributed by atoms with van der Waals surface area (Å²) in [6.45, 7) is 0.987. The fourth-order valence-electron chi connectivity index (χ4n) is 1.85. The maximum absolute atomic E-state index is 11.5. The van der Waals surface area contributed by atoms with Gasteiger partial charge in [0.2, 0.25) is 5.91 Å². The molecule has 0 spiro atoms. The van der Waals surface area contributed by atoms with Crippen molar-refractivity contribution in [3.63, 3.8) is 0 Å². The van der Waals surface area contributed by atoms with Crippen LogP contribution in [0.25, 0.3) is 0 Å². The average molecular weight is 374 g/mol. The number of carbonyl (C=O) groups excluding carboxylic acids is 4. The predicted molar refractivity (Wildman–Crippen MR) is 83.3 cm³/mol. The molecule has 3 amide bonds. The number of imide groups is 1. The van der Waals surface area contributed by atoms with Gasteiger partial charge in [0, 0.05) is 25.8 Å². The molecule has 0 aliphatic carbocycles. The van der Waals surface area contributed by atoms with Gasteiger partial charge in [0.15, 0.2) is 0 Å². The average Bonchev–Trinajstić information content (AvgIpc) is 2.90. The van der Waals surface area contributed by atoms with Crippen LogP contribution in [0.1, 0.15) is 32.1 Å². The first-order valence-corrected chi connectivity index (χ1v) is 8.10.